The summed E-state index contributed by atoms with van der Waals surface area (Å²) in [5, 5.41) is 7.01. The molecule has 19 heavy (non-hydrogen) atoms. The summed E-state index contributed by atoms with van der Waals surface area (Å²) < 4.78 is 1.11. The van der Waals surface area contributed by atoms with E-state index < -0.39 is 0 Å². The number of rotatable bonds is 3. The maximum absolute atomic E-state index is 3.53. The van der Waals surface area contributed by atoms with Crippen LogP contribution in [0.25, 0.3) is 0 Å². The second-order valence-electron chi connectivity index (χ2n) is 4.84. The summed E-state index contributed by atoms with van der Waals surface area (Å²) in [4.78, 5) is 0. The Bertz CT molecular complexity index is 563. The van der Waals surface area contributed by atoms with E-state index in [-0.39, 0.29) is 0 Å². The van der Waals surface area contributed by atoms with Crippen molar-refractivity contribution in [3.05, 3.63) is 58.1 Å². The van der Waals surface area contributed by atoms with Crippen molar-refractivity contribution in [2.45, 2.75) is 19.4 Å². The number of aryl methyl sites for hydroxylation is 1. The van der Waals surface area contributed by atoms with Crippen LogP contribution in [-0.2, 0) is 13.0 Å². The Morgan fingerprint density at radius 3 is 2.79 bits per heavy atom. The van der Waals surface area contributed by atoms with Gasteiger partial charge in [-0.05, 0) is 48.2 Å². The van der Waals surface area contributed by atoms with Crippen LogP contribution in [0.3, 0.4) is 0 Å². The minimum atomic E-state index is 0.859. The number of benzene rings is 2. The highest BCUT2D eigenvalue weighted by molar-refractivity contribution is 9.10. The fourth-order valence-corrected chi connectivity index (χ4v) is 2.76. The lowest BCUT2D eigenvalue weighted by Crippen LogP contribution is -2.14. The zero-order valence-electron chi connectivity index (χ0n) is 10.7. The zero-order chi connectivity index (χ0) is 13.1. The Morgan fingerprint density at radius 2 is 1.95 bits per heavy atom. The van der Waals surface area contributed by atoms with Crippen molar-refractivity contribution in [3.8, 4) is 0 Å². The van der Waals surface area contributed by atoms with Crippen molar-refractivity contribution in [1.82, 2.24) is 0 Å². The molecule has 0 radical (unpaired) electrons. The standard InChI is InChI=1S/C16H17BrN2/c17-14-6-8-15(9-7-14)19-11-13-4-1-3-12-5-2-10-18-16(12)13/h1,3-4,6-9,18-19H,2,5,10-11H2. The molecule has 2 nitrogen and oxygen atoms in total. The van der Waals surface area contributed by atoms with Crippen molar-refractivity contribution in [2.24, 2.45) is 0 Å². The number of hydrogen-bond donors (Lipinski definition) is 2. The average molecular weight is 317 g/mol. The molecule has 0 unspecified atom stereocenters. The summed E-state index contributed by atoms with van der Waals surface area (Å²) >= 11 is 3.45. The summed E-state index contributed by atoms with van der Waals surface area (Å²) in [6.07, 6.45) is 2.42. The highest BCUT2D eigenvalue weighted by atomic mass is 79.9. The van der Waals surface area contributed by atoms with Crippen LogP contribution in [0.2, 0.25) is 0 Å². The average Bonchev–Trinajstić information content (AvgIpc) is 2.47. The molecule has 2 aromatic rings. The normalized spacial score (nSPS) is 13.5. The molecule has 3 rings (SSSR count). The van der Waals surface area contributed by atoms with E-state index >= 15 is 0 Å². The third kappa shape index (κ3) is 2.92. The van der Waals surface area contributed by atoms with Gasteiger partial charge in [-0.25, -0.2) is 0 Å². The number of anilines is 2. The van der Waals surface area contributed by atoms with Crippen molar-refractivity contribution in [3.63, 3.8) is 0 Å². The van der Waals surface area contributed by atoms with Crippen LogP contribution in [0.4, 0.5) is 11.4 Å². The van der Waals surface area contributed by atoms with E-state index in [1.165, 1.54) is 29.7 Å². The van der Waals surface area contributed by atoms with Crippen LogP contribution in [0, 0.1) is 0 Å². The van der Waals surface area contributed by atoms with E-state index in [2.05, 4.69) is 69.0 Å². The molecule has 1 heterocycles. The third-order valence-electron chi connectivity index (χ3n) is 3.49. The van der Waals surface area contributed by atoms with Gasteiger partial charge in [-0.15, -0.1) is 0 Å². The van der Waals surface area contributed by atoms with Gasteiger partial charge in [0.1, 0.15) is 0 Å². The Kier molecular flexibility index (Phi) is 3.74. The smallest absolute Gasteiger partial charge is 0.0423 e. The topological polar surface area (TPSA) is 24.1 Å². The quantitative estimate of drug-likeness (QED) is 0.876. The number of nitrogens with one attached hydrogen (secondary N) is 2. The van der Waals surface area contributed by atoms with Gasteiger partial charge in [-0.3, -0.25) is 0 Å². The molecule has 0 amide bonds. The first-order valence-electron chi connectivity index (χ1n) is 6.67. The summed E-state index contributed by atoms with van der Waals surface area (Å²) in [5.41, 5.74) is 5.27. The summed E-state index contributed by atoms with van der Waals surface area (Å²) in [6, 6.07) is 14.9. The van der Waals surface area contributed by atoms with Crippen molar-refractivity contribution in [1.29, 1.82) is 0 Å². The molecule has 2 N–H and O–H groups in total. The lowest BCUT2D eigenvalue weighted by atomic mass is 9.99. The van der Waals surface area contributed by atoms with Crippen LogP contribution < -0.4 is 10.6 Å². The molecular formula is C16H17BrN2. The van der Waals surface area contributed by atoms with Crippen LogP contribution in [-0.4, -0.2) is 6.54 Å². The van der Waals surface area contributed by atoms with Gasteiger partial charge in [0.2, 0.25) is 0 Å². The number of para-hydroxylation sites is 1. The minimum Gasteiger partial charge on any atom is -0.385 e. The molecule has 0 atom stereocenters. The first-order chi connectivity index (χ1) is 9.33. The van der Waals surface area contributed by atoms with Gasteiger partial charge in [-0.2, -0.15) is 0 Å². The van der Waals surface area contributed by atoms with E-state index in [9.17, 15) is 0 Å². The maximum atomic E-state index is 3.53. The molecule has 0 fully saturated rings. The molecule has 0 aromatic heterocycles. The molecule has 3 heteroatoms. The molecule has 0 saturated heterocycles. The number of fused-ring (bicyclic) bond motifs is 1. The van der Waals surface area contributed by atoms with E-state index in [1.54, 1.807) is 0 Å². The maximum Gasteiger partial charge on any atom is 0.0423 e. The Hall–Kier alpha value is -1.48. The van der Waals surface area contributed by atoms with E-state index in [1.807, 2.05) is 0 Å². The van der Waals surface area contributed by atoms with Crippen molar-refractivity contribution < 1.29 is 0 Å². The second kappa shape index (κ2) is 5.66. The lowest BCUT2D eigenvalue weighted by Gasteiger charge is -2.21. The van der Waals surface area contributed by atoms with Crippen LogP contribution in [0.15, 0.2) is 46.9 Å². The summed E-state index contributed by atoms with van der Waals surface area (Å²) in [7, 11) is 0. The highest BCUT2D eigenvalue weighted by Crippen LogP contribution is 2.26. The van der Waals surface area contributed by atoms with Gasteiger partial charge in [0.25, 0.3) is 0 Å². The van der Waals surface area contributed by atoms with Gasteiger partial charge in [0.05, 0.1) is 0 Å². The molecule has 0 spiro atoms. The van der Waals surface area contributed by atoms with Crippen molar-refractivity contribution >= 4 is 27.3 Å². The molecule has 1 aliphatic heterocycles. The van der Waals surface area contributed by atoms with Crippen LogP contribution in [0.1, 0.15) is 17.5 Å². The first kappa shape index (κ1) is 12.5. The zero-order valence-corrected chi connectivity index (χ0v) is 12.3. The van der Waals surface area contributed by atoms with Gasteiger partial charge in [0.15, 0.2) is 0 Å². The first-order valence-corrected chi connectivity index (χ1v) is 7.46. The largest absolute Gasteiger partial charge is 0.385 e. The highest BCUT2D eigenvalue weighted by Gasteiger charge is 2.11. The Balaban J connectivity index is 1.75. The van der Waals surface area contributed by atoms with E-state index in [0.717, 1.165) is 23.2 Å². The van der Waals surface area contributed by atoms with Gasteiger partial charge >= 0.3 is 0 Å². The van der Waals surface area contributed by atoms with E-state index in [4.69, 9.17) is 0 Å². The molecule has 0 aliphatic carbocycles. The fourth-order valence-electron chi connectivity index (χ4n) is 2.49. The molecule has 98 valence electrons. The molecule has 0 saturated carbocycles. The molecular weight excluding hydrogens is 300 g/mol. The predicted octanol–water partition coefficient (Wildman–Crippen LogP) is 4.42. The van der Waals surface area contributed by atoms with Crippen LogP contribution in [0.5, 0.6) is 0 Å². The Labute approximate surface area is 122 Å². The number of halogens is 1. The minimum absolute atomic E-state index is 0.859. The SMILES string of the molecule is Brc1ccc(NCc2cccc3c2NCCC3)cc1. The molecule has 1 aliphatic rings. The van der Waals surface area contributed by atoms with Gasteiger partial charge in [-0.1, -0.05) is 34.1 Å². The molecule has 2 aromatic carbocycles. The summed E-state index contributed by atoms with van der Waals surface area (Å²) in [6.45, 7) is 1.94. The predicted molar refractivity (Wildman–Crippen MR) is 84.7 cm³/mol. The summed E-state index contributed by atoms with van der Waals surface area (Å²) in [5.74, 6) is 0. The second-order valence-corrected chi connectivity index (χ2v) is 5.76. The van der Waals surface area contributed by atoms with Gasteiger partial charge < -0.3 is 10.6 Å². The fraction of sp³-hybridized carbons (Fsp3) is 0.250. The van der Waals surface area contributed by atoms with Gasteiger partial charge in [0, 0.05) is 28.9 Å². The Morgan fingerprint density at radius 1 is 1.11 bits per heavy atom. The number of hydrogen-bond acceptors (Lipinski definition) is 2. The molecule has 0 bridgehead atoms. The third-order valence-corrected chi connectivity index (χ3v) is 4.02. The van der Waals surface area contributed by atoms with Crippen LogP contribution >= 0.6 is 15.9 Å². The van der Waals surface area contributed by atoms with Crippen molar-refractivity contribution in [2.75, 3.05) is 17.2 Å². The monoisotopic (exact) mass is 316 g/mol. The lowest BCUT2D eigenvalue weighted by molar-refractivity contribution is 0.825. The van der Waals surface area contributed by atoms with E-state index in [0.29, 0.717) is 0 Å².